The van der Waals surface area contributed by atoms with E-state index in [2.05, 4.69) is 4.98 Å². The molecule has 0 spiro atoms. The Morgan fingerprint density at radius 2 is 2.16 bits per heavy atom. The lowest BCUT2D eigenvalue weighted by Gasteiger charge is -2.16. The number of rotatable bonds is 5. The summed E-state index contributed by atoms with van der Waals surface area (Å²) in [4.78, 5) is 28.3. The molecular weight excluding hydrogens is 248 g/mol. The van der Waals surface area contributed by atoms with E-state index in [1.807, 2.05) is 0 Å². The Labute approximate surface area is 111 Å². The number of aryl methyl sites for hydroxylation is 1. The topological polar surface area (TPSA) is 79.7 Å². The first-order valence-corrected chi connectivity index (χ1v) is 6.08. The summed E-state index contributed by atoms with van der Waals surface area (Å²) in [6.07, 6.45) is 2.05. The molecule has 102 valence electrons. The van der Waals surface area contributed by atoms with Crippen LogP contribution in [0.3, 0.4) is 0 Å². The van der Waals surface area contributed by atoms with Crippen molar-refractivity contribution >= 4 is 11.9 Å². The van der Waals surface area contributed by atoms with Crippen molar-refractivity contribution in [2.24, 2.45) is 0 Å². The van der Waals surface area contributed by atoms with E-state index in [0.29, 0.717) is 11.7 Å². The Bertz CT molecular complexity index is 511. The quantitative estimate of drug-likeness (QED) is 0.861. The SMILES string of the molecule is Cc1ccc(OCC(=O)N(C)C2CC2)c(C(=O)O)n1. The van der Waals surface area contributed by atoms with Gasteiger partial charge in [-0.25, -0.2) is 9.78 Å². The molecule has 0 atom stereocenters. The molecule has 1 amide bonds. The Kier molecular flexibility index (Phi) is 3.69. The van der Waals surface area contributed by atoms with Crippen molar-refractivity contribution in [1.29, 1.82) is 0 Å². The number of aromatic carboxylic acids is 1. The van der Waals surface area contributed by atoms with Crippen molar-refractivity contribution < 1.29 is 19.4 Å². The second kappa shape index (κ2) is 5.26. The van der Waals surface area contributed by atoms with Crippen LogP contribution in [0, 0.1) is 6.92 Å². The van der Waals surface area contributed by atoms with Crippen LogP contribution in [0.1, 0.15) is 29.0 Å². The van der Waals surface area contributed by atoms with Crippen LogP contribution in [-0.4, -0.2) is 46.6 Å². The lowest BCUT2D eigenvalue weighted by Crippen LogP contribution is -2.33. The van der Waals surface area contributed by atoms with Gasteiger partial charge in [-0.2, -0.15) is 0 Å². The maximum Gasteiger partial charge on any atom is 0.358 e. The van der Waals surface area contributed by atoms with E-state index in [1.165, 1.54) is 6.07 Å². The number of pyridine rings is 1. The van der Waals surface area contributed by atoms with E-state index in [-0.39, 0.29) is 24.0 Å². The van der Waals surface area contributed by atoms with E-state index in [1.54, 1.807) is 24.9 Å². The number of carboxylic acid groups (broad SMARTS) is 1. The van der Waals surface area contributed by atoms with Gasteiger partial charge in [0.05, 0.1) is 0 Å². The molecule has 2 rings (SSSR count). The molecule has 1 aromatic rings. The molecule has 1 N–H and O–H groups in total. The molecule has 0 aromatic carbocycles. The van der Waals surface area contributed by atoms with Crippen molar-refractivity contribution in [2.45, 2.75) is 25.8 Å². The van der Waals surface area contributed by atoms with Crippen LogP contribution in [-0.2, 0) is 4.79 Å². The van der Waals surface area contributed by atoms with Crippen molar-refractivity contribution in [2.75, 3.05) is 13.7 Å². The number of carboxylic acids is 1. The number of hydrogen-bond acceptors (Lipinski definition) is 4. The third-order valence-corrected chi connectivity index (χ3v) is 3.04. The highest BCUT2D eigenvalue weighted by Crippen LogP contribution is 2.25. The number of likely N-dealkylation sites (N-methyl/N-ethyl adjacent to an activating group) is 1. The predicted molar refractivity (Wildman–Crippen MR) is 67.2 cm³/mol. The highest BCUT2D eigenvalue weighted by atomic mass is 16.5. The molecule has 0 saturated heterocycles. The molecule has 0 radical (unpaired) electrons. The van der Waals surface area contributed by atoms with Gasteiger partial charge in [0, 0.05) is 18.8 Å². The van der Waals surface area contributed by atoms with Crippen molar-refractivity contribution in [3.05, 3.63) is 23.5 Å². The third-order valence-electron chi connectivity index (χ3n) is 3.04. The number of ether oxygens (including phenoxy) is 1. The van der Waals surface area contributed by atoms with Crippen LogP contribution in [0.25, 0.3) is 0 Å². The first kappa shape index (κ1) is 13.3. The first-order valence-electron chi connectivity index (χ1n) is 6.08. The molecule has 1 saturated carbocycles. The molecule has 0 unspecified atom stereocenters. The fourth-order valence-electron chi connectivity index (χ4n) is 1.72. The number of nitrogens with zero attached hydrogens (tertiary/aromatic N) is 2. The van der Waals surface area contributed by atoms with Gasteiger partial charge in [-0.1, -0.05) is 0 Å². The minimum Gasteiger partial charge on any atom is -0.481 e. The Hall–Kier alpha value is -2.11. The van der Waals surface area contributed by atoms with E-state index < -0.39 is 5.97 Å². The van der Waals surface area contributed by atoms with E-state index in [4.69, 9.17) is 9.84 Å². The lowest BCUT2D eigenvalue weighted by atomic mass is 10.3. The molecular formula is C13H16N2O4. The summed E-state index contributed by atoms with van der Waals surface area (Å²) in [7, 11) is 1.73. The summed E-state index contributed by atoms with van der Waals surface area (Å²) >= 11 is 0. The zero-order chi connectivity index (χ0) is 14.0. The lowest BCUT2D eigenvalue weighted by molar-refractivity contribution is -0.132. The normalized spacial score (nSPS) is 14.0. The van der Waals surface area contributed by atoms with Gasteiger partial charge in [-0.3, -0.25) is 4.79 Å². The first-order chi connectivity index (χ1) is 8.99. The van der Waals surface area contributed by atoms with Crippen LogP contribution in [0.15, 0.2) is 12.1 Å². The molecule has 1 heterocycles. The molecule has 1 fully saturated rings. The predicted octanol–water partition coefficient (Wildman–Crippen LogP) is 1.09. The van der Waals surface area contributed by atoms with Crippen molar-refractivity contribution in [3.63, 3.8) is 0 Å². The average Bonchev–Trinajstić information content (AvgIpc) is 3.20. The molecule has 0 aliphatic heterocycles. The Balaban J connectivity index is 2.02. The van der Waals surface area contributed by atoms with Crippen molar-refractivity contribution in [3.8, 4) is 5.75 Å². The summed E-state index contributed by atoms with van der Waals surface area (Å²) in [5, 5.41) is 9.02. The highest BCUT2D eigenvalue weighted by molar-refractivity contribution is 5.88. The van der Waals surface area contributed by atoms with E-state index in [9.17, 15) is 9.59 Å². The number of amides is 1. The third kappa shape index (κ3) is 3.21. The van der Waals surface area contributed by atoms with Crippen LogP contribution >= 0.6 is 0 Å². The summed E-state index contributed by atoms with van der Waals surface area (Å²) in [5.74, 6) is -1.20. The van der Waals surface area contributed by atoms with Gasteiger partial charge in [-0.15, -0.1) is 0 Å². The standard InChI is InChI=1S/C13H16N2O4/c1-8-3-6-10(12(14-8)13(17)18)19-7-11(16)15(2)9-4-5-9/h3,6,9H,4-5,7H2,1-2H3,(H,17,18). The minimum absolute atomic E-state index is 0.121. The van der Waals surface area contributed by atoms with Gasteiger partial charge in [0.2, 0.25) is 0 Å². The summed E-state index contributed by atoms with van der Waals surface area (Å²) in [6.45, 7) is 1.53. The highest BCUT2D eigenvalue weighted by Gasteiger charge is 2.29. The second-order valence-electron chi connectivity index (χ2n) is 4.63. The maximum absolute atomic E-state index is 11.8. The van der Waals surface area contributed by atoms with E-state index in [0.717, 1.165) is 12.8 Å². The van der Waals surface area contributed by atoms with Crippen LogP contribution < -0.4 is 4.74 Å². The van der Waals surface area contributed by atoms with Gasteiger partial charge < -0.3 is 14.7 Å². The number of carbonyl (C=O) groups is 2. The molecule has 1 aliphatic carbocycles. The number of aromatic nitrogens is 1. The Morgan fingerprint density at radius 3 is 2.74 bits per heavy atom. The fraction of sp³-hybridized carbons (Fsp3) is 0.462. The van der Waals surface area contributed by atoms with Gasteiger partial charge in [0.1, 0.15) is 0 Å². The summed E-state index contributed by atoms with van der Waals surface area (Å²) in [5.41, 5.74) is 0.424. The molecule has 6 heteroatoms. The molecule has 1 aliphatic rings. The summed E-state index contributed by atoms with van der Waals surface area (Å²) < 4.78 is 5.28. The fourth-order valence-corrected chi connectivity index (χ4v) is 1.72. The van der Waals surface area contributed by atoms with Gasteiger partial charge in [0.15, 0.2) is 18.1 Å². The van der Waals surface area contributed by atoms with Gasteiger partial charge >= 0.3 is 5.97 Å². The van der Waals surface area contributed by atoms with Gasteiger partial charge in [-0.05, 0) is 31.9 Å². The van der Waals surface area contributed by atoms with Crippen LogP contribution in [0.2, 0.25) is 0 Å². The number of hydrogen-bond donors (Lipinski definition) is 1. The smallest absolute Gasteiger partial charge is 0.358 e. The molecule has 19 heavy (non-hydrogen) atoms. The molecule has 0 bridgehead atoms. The average molecular weight is 264 g/mol. The second-order valence-corrected chi connectivity index (χ2v) is 4.63. The van der Waals surface area contributed by atoms with Crippen LogP contribution in [0.5, 0.6) is 5.75 Å². The Morgan fingerprint density at radius 1 is 1.47 bits per heavy atom. The molecule has 1 aromatic heterocycles. The monoisotopic (exact) mass is 264 g/mol. The van der Waals surface area contributed by atoms with Gasteiger partial charge in [0.25, 0.3) is 5.91 Å². The van der Waals surface area contributed by atoms with Crippen LogP contribution in [0.4, 0.5) is 0 Å². The zero-order valence-corrected chi connectivity index (χ0v) is 10.9. The minimum atomic E-state index is -1.17. The summed E-state index contributed by atoms with van der Waals surface area (Å²) in [6, 6.07) is 3.48. The zero-order valence-electron chi connectivity index (χ0n) is 10.9. The number of carbonyl (C=O) groups excluding carboxylic acids is 1. The maximum atomic E-state index is 11.8. The van der Waals surface area contributed by atoms with Crippen molar-refractivity contribution in [1.82, 2.24) is 9.88 Å². The largest absolute Gasteiger partial charge is 0.481 e. The van der Waals surface area contributed by atoms with E-state index >= 15 is 0 Å². The molecule has 6 nitrogen and oxygen atoms in total.